The van der Waals surface area contributed by atoms with Crippen LogP contribution >= 0.6 is 11.3 Å². The Morgan fingerprint density at radius 2 is 2.30 bits per heavy atom. The summed E-state index contributed by atoms with van der Waals surface area (Å²) < 4.78 is 26.3. The number of sulfonamides is 1. The van der Waals surface area contributed by atoms with Gasteiger partial charge in [0.05, 0.1) is 5.51 Å². The Hall–Kier alpha value is -1.03. The van der Waals surface area contributed by atoms with Gasteiger partial charge in [0, 0.05) is 19.2 Å². The third-order valence-electron chi connectivity index (χ3n) is 3.30. The Morgan fingerprint density at radius 1 is 1.55 bits per heavy atom. The van der Waals surface area contributed by atoms with E-state index in [1.165, 1.54) is 9.82 Å². The number of rotatable bonds is 6. The molecule has 0 radical (unpaired) electrons. The Morgan fingerprint density at radius 3 is 2.95 bits per heavy atom. The maximum atomic E-state index is 12.6. The molecule has 1 aliphatic heterocycles. The first-order valence-electron chi connectivity index (χ1n) is 6.28. The molecule has 1 aliphatic rings. The van der Waals surface area contributed by atoms with Crippen molar-refractivity contribution in [2.75, 3.05) is 13.2 Å². The lowest BCUT2D eigenvalue weighted by Crippen LogP contribution is -2.36. The van der Waals surface area contributed by atoms with Crippen LogP contribution in [-0.2, 0) is 10.0 Å². The van der Waals surface area contributed by atoms with E-state index in [0.717, 1.165) is 24.2 Å². The van der Waals surface area contributed by atoms with Gasteiger partial charge in [-0.1, -0.05) is 0 Å². The van der Waals surface area contributed by atoms with Crippen molar-refractivity contribution in [3.63, 3.8) is 0 Å². The number of carbonyl (C=O) groups is 1. The Kier molecular flexibility index (Phi) is 4.74. The third kappa shape index (κ3) is 2.85. The van der Waals surface area contributed by atoms with Crippen LogP contribution in [0.15, 0.2) is 9.72 Å². The van der Waals surface area contributed by atoms with Crippen LogP contribution in [0.4, 0.5) is 0 Å². The van der Waals surface area contributed by atoms with Crippen LogP contribution in [0.2, 0.25) is 0 Å². The largest absolute Gasteiger partial charge is 0.476 e. The zero-order chi connectivity index (χ0) is 14.8. The van der Waals surface area contributed by atoms with Gasteiger partial charge in [-0.3, -0.25) is 0 Å². The number of aromatic carboxylic acids is 1. The number of hydrogen-bond donors (Lipinski definition) is 2. The smallest absolute Gasteiger partial charge is 0.356 e. The minimum atomic E-state index is -3.82. The summed E-state index contributed by atoms with van der Waals surface area (Å²) in [6.07, 6.45) is 2.60. The zero-order valence-corrected chi connectivity index (χ0v) is 12.4. The van der Waals surface area contributed by atoms with Crippen molar-refractivity contribution in [3.8, 4) is 0 Å². The first kappa shape index (κ1) is 15.4. The Balaban J connectivity index is 2.29. The molecule has 0 bridgehead atoms. The van der Waals surface area contributed by atoms with E-state index >= 15 is 0 Å². The number of aliphatic hydroxyl groups is 1. The second-order valence-corrected chi connectivity index (χ2v) is 7.51. The number of thiazole rings is 1. The van der Waals surface area contributed by atoms with E-state index in [2.05, 4.69) is 4.98 Å². The predicted octanol–water partition coefficient (Wildman–Crippen LogP) is 0.767. The highest BCUT2D eigenvalue weighted by Gasteiger charge is 2.38. The van der Waals surface area contributed by atoms with Gasteiger partial charge in [-0.25, -0.2) is 18.2 Å². The topological polar surface area (TPSA) is 108 Å². The molecule has 1 atom stereocenters. The van der Waals surface area contributed by atoms with Crippen LogP contribution in [0, 0.1) is 0 Å². The average Bonchev–Trinajstić information content (AvgIpc) is 3.05. The van der Waals surface area contributed by atoms with E-state index in [1.54, 1.807) is 0 Å². The van der Waals surface area contributed by atoms with Crippen molar-refractivity contribution in [1.29, 1.82) is 0 Å². The van der Waals surface area contributed by atoms with Crippen LogP contribution in [0.3, 0.4) is 0 Å². The van der Waals surface area contributed by atoms with Crippen LogP contribution in [0.1, 0.15) is 36.2 Å². The van der Waals surface area contributed by atoms with Crippen LogP contribution in [0.25, 0.3) is 0 Å². The van der Waals surface area contributed by atoms with Crippen LogP contribution in [0.5, 0.6) is 0 Å². The quantitative estimate of drug-likeness (QED) is 0.801. The summed E-state index contributed by atoms with van der Waals surface area (Å²) >= 11 is 0.827. The Labute approximate surface area is 120 Å². The molecule has 2 N–H and O–H groups in total. The summed E-state index contributed by atoms with van der Waals surface area (Å²) in [7, 11) is -3.82. The van der Waals surface area contributed by atoms with E-state index in [9.17, 15) is 13.2 Å². The van der Waals surface area contributed by atoms with Crippen molar-refractivity contribution in [1.82, 2.24) is 9.29 Å². The molecule has 1 fully saturated rings. The van der Waals surface area contributed by atoms with Crippen LogP contribution < -0.4 is 0 Å². The van der Waals surface area contributed by atoms with E-state index in [0.29, 0.717) is 19.4 Å². The standard InChI is InChI=1S/C11H16N2O5S2/c14-6-2-4-8-3-1-5-13(8)20(17,18)11-9(10(15)16)12-7-19-11/h7-8,14H,1-6H2,(H,15,16). The highest BCUT2D eigenvalue weighted by Crippen LogP contribution is 2.31. The summed E-state index contributed by atoms with van der Waals surface area (Å²) in [5.41, 5.74) is 0.817. The third-order valence-corrected chi connectivity index (χ3v) is 6.60. The van der Waals surface area contributed by atoms with Crippen LogP contribution in [-0.4, -0.2) is 53.1 Å². The fourth-order valence-corrected chi connectivity index (χ4v) is 5.39. The molecule has 112 valence electrons. The van der Waals surface area contributed by atoms with Gasteiger partial charge in [0.1, 0.15) is 0 Å². The van der Waals surface area contributed by atoms with Gasteiger partial charge in [-0.15, -0.1) is 11.3 Å². The molecule has 20 heavy (non-hydrogen) atoms. The van der Waals surface area contributed by atoms with Gasteiger partial charge < -0.3 is 10.2 Å². The van der Waals surface area contributed by atoms with Crippen molar-refractivity contribution in [2.24, 2.45) is 0 Å². The molecule has 0 aromatic carbocycles. The number of carboxylic acids is 1. The molecule has 0 saturated carbocycles. The summed E-state index contributed by atoms with van der Waals surface area (Å²) in [6.45, 7) is 0.403. The number of nitrogens with zero attached hydrogens (tertiary/aromatic N) is 2. The normalized spacial score (nSPS) is 20.4. The fraction of sp³-hybridized carbons (Fsp3) is 0.636. The van der Waals surface area contributed by atoms with Gasteiger partial charge in [0.2, 0.25) is 0 Å². The number of aliphatic hydroxyl groups excluding tert-OH is 1. The van der Waals surface area contributed by atoms with E-state index in [-0.39, 0.29) is 16.9 Å². The second kappa shape index (κ2) is 6.17. The van der Waals surface area contributed by atoms with Crippen molar-refractivity contribution >= 4 is 27.3 Å². The van der Waals surface area contributed by atoms with Gasteiger partial charge in [0.15, 0.2) is 9.90 Å². The number of carboxylic acid groups (broad SMARTS) is 1. The first-order chi connectivity index (χ1) is 9.48. The molecule has 7 nitrogen and oxygen atoms in total. The molecule has 0 amide bonds. The maximum Gasteiger partial charge on any atom is 0.356 e. The average molecular weight is 320 g/mol. The van der Waals surface area contributed by atoms with Gasteiger partial charge in [-0.2, -0.15) is 4.31 Å². The van der Waals surface area contributed by atoms with Gasteiger partial charge in [-0.05, 0) is 25.7 Å². The highest BCUT2D eigenvalue weighted by atomic mass is 32.2. The molecule has 1 saturated heterocycles. The van der Waals surface area contributed by atoms with E-state index < -0.39 is 21.7 Å². The lowest BCUT2D eigenvalue weighted by atomic mass is 10.1. The monoisotopic (exact) mass is 320 g/mol. The van der Waals surface area contributed by atoms with Crippen molar-refractivity contribution in [3.05, 3.63) is 11.2 Å². The van der Waals surface area contributed by atoms with E-state index in [4.69, 9.17) is 10.2 Å². The number of hydrogen-bond acceptors (Lipinski definition) is 6. The summed E-state index contributed by atoms with van der Waals surface area (Å²) in [6, 6.07) is -0.170. The predicted molar refractivity (Wildman–Crippen MR) is 72.3 cm³/mol. The lowest BCUT2D eigenvalue weighted by molar-refractivity contribution is 0.0687. The molecule has 0 spiro atoms. The molecular formula is C11H16N2O5S2. The first-order valence-corrected chi connectivity index (χ1v) is 8.60. The minimum Gasteiger partial charge on any atom is -0.476 e. The summed E-state index contributed by atoms with van der Waals surface area (Å²) in [4.78, 5) is 14.6. The second-order valence-electron chi connectivity index (χ2n) is 4.57. The van der Waals surface area contributed by atoms with Gasteiger partial charge >= 0.3 is 5.97 Å². The maximum absolute atomic E-state index is 12.6. The molecule has 2 rings (SSSR count). The molecular weight excluding hydrogens is 304 g/mol. The summed E-state index contributed by atoms with van der Waals surface area (Å²) in [5, 5.41) is 17.9. The molecule has 9 heteroatoms. The molecule has 1 aromatic heterocycles. The Bertz CT molecular complexity index is 583. The van der Waals surface area contributed by atoms with Gasteiger partial charge in [0.25, 0.3) is 10.0 Å². The van der Waals surface area contributed by atoms with Crippen molar-refractivity contribution < 1.29 is 23.4 Å². The molecule has 1 aromatic rings. The fourth-order valence-electron chi connectivity index (χ4n) is 2.41. The molecule has 1 unspecified atom stereocenters. The van der Waals surface area contributed by atoms with Crippen molar-refractivity contribution in [2.45, 2.75) is 35.9 Å². The summed E-state index contributed by atoms with van der Waals surface area (Å²) in [5.74, 6) is -1.34. The molecule has 0 aliphatic carbocycles. The minimum absolute atomic E-state index is 0.0192. The number of aromatic nitrogens is 1. The van der Waals surface area contributed by atoms with E-state index in [1.807, 2.05) is 0 Å². The lowest BCUT2D eigenvalue weighted by Gasteiger charge is -2.23. The molecule has 2 heterocycles. The zero-order valence-electron chi connectivity index (χ0n) is 10.7. The highest BCUT2D eigenvalue weighted by molar-refractivity contribution is 7.91. The SMILES string of the molecule is O=C(O)c1ncsc1S(=O)(=O)N1CCCC1CCCO.